The van der Waals surface area contributed by atoms with E-state index in [4.69, 9.17) is 9.47 Å². The molecular weight excluding hydrogens is 354 g/mol. The van der Waals surface area contributed by atoms with Gasteiger partial charge in [-0.1, -0.05) is 12.8 Å². The molecule has 1 aliphatic rings. The summed E-state index contributed by atoms with van der Waals surface area (Å²) in [7, 11) is 5.23. The molecule has 3 rings (SSSR count). The van der Waals surface area contributed by atoms with E-state index < -0.39 is 0 Å². The Kier molecular flexibility index (Phi) is 6.98. The van der Waals surface area contributed by atoms with E-state index >= 15 is 0 Å². The summed E-state index contributed by atoms with van der Waals surface area (Å²) >= 11 is 0. The predicted octanol–water partition coefficient (Wildman–Crippen LogP) is 3.39. The molecule has 0 spiro atoms. The second-order valence-corrected chi connectivity index (χ2v) is 7.29. The number of rotatable bonds is 7. The molecule has 28 heavy (non-hydrogen) atoms. The third-order valence-electron chi connectivity index (χ3n) is 5.51. The Morgan fingerprint density at radius 3 is 2.39 bits per heavy atom. The van der Waals surface area contributed by atoms with Gasteiger partial charge < -0.3 is 19.4 Å². The van der Waals surface area contributed by atoms with Gasteiger partial charge in [0.15, 0.2) is 11.5 Å². The van der Waals surface area contributed by atoms with Gasteiger partial charge in [0.25, 0.3) is 5.91 Å². The van der Waals surface area contributed by atoms with Crippen molar-refractivity contribution in [3.8, 4) is 11.5 Å². The first-order chi connectivity index (χ1) is 13.6. The molecule has 1 aromatic carbocycles. The predicted molar refractivity (Wildman–Crippen MR) is 110 cm³/mol. The van der Waals surface area contributed by atoms with E-state index in [0.717, 1.165) is 13.1 Å². The second kappa shape index (κ2) is 9.64. The van der Waals surface area contributed by atoms with Gasteiger partial charge in [-0.15, -0.1) is 0 Å². The molecule has 1 fully saturated rings. The average molecular weight is 386 g/mol. The Bertz CT molecular complexity index is 779. The van der Waals surface area contributed by atoms with E-state index in [9.17, 15) is 4.79 Å². The number of likely N-dealkylation sites (tertiary alicyclic amines) is 1. The van der Waals surface area contributed by atoms with Crippen molar-refractivity contribution in [3.63, 3.8) is 0 Å². The van der Waals surface area contributed by atoms with E-state index in [1.165, 1.54) is 31.4 Å². The Labute approximate surface area is 167 Å². The summed E-state index contributed by atoms with van der Waals surface area (Å²) in [5, 5.41) is 3.13. The van der Waals surface area contributed by atoms with Crippen LogP contribution in [0.2, 0.25) is 0 Å². The highest BCUT2D eigenvalue weighted by Crippen LogP contribution is 2.28. The largest absolute Gasteiger partial charge is 0.493 e. The molecule has 2 aromatic rings. The molecule has 0 bridgehead atoms. The van der Waals surface area contributed by atoms with Crippen molar-refractivity contribution in [1.29, 1.82) is 0 Å². The monoisotopic (exact) mass is 385 g/mol. The van der Waals surface area contributed by atoms with Crippen molar-refractivity contribution in [2.75, 3.05) is 33.9 Å². The maximum atomic E-state index is 12.8. The lowest BCUT2D eigenvalue weighted by Crippen LogP contribution is -2.39. The number of hydrogen-bond acceptors (Lipinski definition) is 4. The fraction of sp³-hybridized carbons (Fsp3) is 0.500. The number of hydrogen-bond donors (Lipinski definition) is 1. The van der Waals surface area contributed by atoms with Gasteiger partial charge in [0.2, 0.25) is 0 Å². The van der Waals surface area contributed by atoms with E-state index in [1.807, 2.05) is 0 Å². The highest BCUT2D eigenvalue weighted by atomic mass is 16.5. The van der Waals surface area contributed by atoms with Crippen LogP contribution in [0.5, 0.6) is 11.5 Å². The highest BCUT2D eigenvalue weighted by Gasteiger charge is 2.24. The number of carbonyl (C=O) groups is 1. The van der Waals surface area contributed by atoms with Gasteiger partial charge in [-0.25, -0.2) is 0 Å². The van der Waals surface area contributed by atoms with Gasteiger partial charge in [0.05, 0.1) is 20.3 Å². The zero-order chi connectivity index (χ0) is 19.9. The van der Waals surface area contributed by atoms with Crippen LogP contribution in [0, 0.1) is 0 Å². The van der Waals surface area contributed by atoms with Gasteiger partial charge in [0.1, 0.15) is 0 Å². The Balaban J connectivity index is 1.74. The quantitative estimate of drug-likeness (QED) is 0.794. The van der Waals surface area contributed by atoms with Gasteiger partial charge in [-0.2, -0.15) is 0 Å². The fourth-order valence-corrected chi connectivity index (χ4v) is 3.92. The summed E-state index contributed by atoms with van der Waals surface area (Å²) in [6.45, 7) is 2.72. The first-order valence-corrected chi connectivity index (χ1v) is 9.99. The number of nitrogens with zero attached hydrogens (tertiary/aromatic N) is 2. The molecule has 0 saturated carbocycles. The summed E-state index contributed by atoms with van der Waals surface area (Å²) in [6.07, 6.45) is 7.06. The van der Waals surface area contributed by atoms with Crippen LogP contribution in [0.25, 0.3) is 0 Å². The second-order valence-electron chi connectivity index (χ2n) is 7.29. The van der Waals surface area contributed by atoms with Crippen LogP contribution in [0.4, 0.5) is 0 Å². The molecule has 0 aliphatic carbocycles. The SMILES string of the molecule is COc1ccc(C(=O)NCC(c2cccn2C)N2CCCCCC2)cc1OC. The standard InChI is InChI=1S/C22H31N3O3/c1-24-12-8-9-18(24)19(25-13-6-4-5-7-14-25)16-23-22(26)17-10-11-20(27-2)21(15-17)28-3/h8-12,15,19H,4-7,13-14,16H2,1-3H3,(H,23,26). The molecule has 0 radical (unpaired) electrons. The zero-order valence-corrected chi connectivity index (χ0v) is 17.1. The number of ether oxygens (including phenoxy) is 2. The van der Waals surface area contributed by atoms with Crippen LogP contribution >= 0.6 is 0 Å². The van der Waals surface area contributed by atoms with Crippen LogP contribution < -0.4 is 14.8 Å². The third-order valence-corrected chi connectivity index (χ3v) is 5.51. The minimum Gasteiger partial charge on any atom is -0.493 e. The van der Waals surface area contributed by atoms with Crippen LogP contribution in [-0.4, -0.2) is 49.2 Å². The minimum atomic E-state index is -0.102. The third kappa shape index (κ3) is 4.68. The lowest BCUT2D eigenvalue weighted by Gasteiger charge is -2.31. The molecule has 6 heteroatoms. The summed E-state index contributed by atoms with van der Waals surface area (Å²) < 4.78 is 12.7. The van der Waals surface area contributed by atoms with Crippen molar-refractivity contribution >= 4 is 5.91 Å². The van der Waals surface area contributed by atoms with Gasteiger partial charge in [-0.05, 0) is 56.3 Å². The lowest BCUT2D eigenvalue weighted by atomic mass is 10.1. The molecule has 1 amide bonds. The number of carbonyl (C=O) groups excluding carboxylic acids is 1. The number of nitrogens with one attached hydrogen (secondary N) is 1. The summed E-state index contributed by atoms with van der Waals surface area (Å²) in [5.74, 6) is 1.07. The number of benzene rings is 1. The topological polar surface area (TPSA) is 55.7 Å². The summed E-state index contributed by atoms with van der Waals surface area (Å²) in [6, 6.07) is 9.63. The van der Waals surface area contributed by atoms with Crippen molar-refractivity contribution in [3.05, 3.63) is 47.8 Å². The molecule has 1 atom stereocenters. The van der Waals surface area contributed by atoms with Crippen LogP contribution in [0.1, 0.15) is 47.8 Å². The summed E-state index contributed by atoms with van der Waals surface area (Å²) in [4.78, 5) is 15.3. The minimum absolute atomic E-state index is 0.102. The zero-order valence-electron chi connectivity index (χ0n) is 17.1. The maximum Gasteiger partial charge on any atom is 0.251 e. The number of methoxy groups -OCH3 is 2. The van der Waals surface area contributed by atoms with Crippen LogP contribution in [-0.2, 0) is 7.05 Å². The first kappa shape index (κ1) is 20.3. The van der Waals surface area contributed by atoms with E-state index in [0.29, 0.717) is 23.6 Å². The molecule has 152 valence electrons. The molecule has 2 heterocycles. The Hall–Kier alpha value is -2.47. The number of aromatic nitrogens is 1. The first-order valence-electron chi connectivity index (χ1n) is 9.99. The van der Waals surface area contributed by atoms with Crippen molar-refractivity contribution < 1.29 is 14.3 Å². The van der Waals surface area contributed by atoms with Gasteiger partial charge in [0, 0.05) is 31.0 Å². The Morgan fingerprint density at radius 1 is 1.07 bits per heavy atom. The number of aryl methyl sites for hydroxylation is 1. The van der Waals surface area contributed by atoms with E-state index in [-0.39, 0.29) is 11.9 Å². The van der Waals surface area contributed by atoms with Crippen molar-refractivity contribution in [2.24, 2.45) is 7.05 Å². The lowest BCUT2D eigenvalue weighted by molar-refractivity contribution is 0.0931. The molecule has 1 saturated heterocycles. The molecule has 6 nitrogen and oxygen atoms in total. The summed E-state index contributed by atoms with van der Waals surface area (Å²) in [5.41, 5.74) is 1.80. The van der Waals surface area contributed by atoms with Crippen molar-refractivity contribution in [2.45, 2.75) is 31.7 Å². The molecule has 1 aromatic heterocycles. The van der Waals surface area contributed by atoms with Crippen LogP contribution in [0.15, 0.2) is 36.5 Å². The molecular formula is C22H31N3O3. The van der Waals surface area contributed by atoms with Gasteiger partial charge in [-0.3, -0.25) is 9.69 Å². The number of amides is 1. The van der Waals surface area contributed by atoms with Crippen molar-refractivity contribution in [1.82, 2.24) is 14.8 Å². The average Bonchev–Trinajstić information content (AvgIpc) is 2.97. The van der Waals surface area contributed by atoms with Gasteiger partial charge >= 0.3 is 0 Å². The molecule has 1 aliphatic heterocycles. The van der Waals surface area contributed by atoms with E-state index in [1.54, 1.807) is 32.4 Å². The van der Waals surface area contributed by atoms with E-state index in [2.05, 4.69) is 40.2 Å². The highest BCUT2D eigenvalue weighted by molar-refractivity contribution is 5.94. The fourth-order valence-electron chi connectivity index (χ4n) is 3.92. The Morgan fingerprint density at radius 2 is 1.79 bits per heavy atom. The molecule has 1 N–H and O–H groups in total. The van der Waals surface area contributed by atoms with Crippen LogP contribution in [0.3, 0.4) is 0 Å². The molecule has 1 unspecified atom stereocenters. The smallest absolute Gasteiger partial charge is 0.251 e. The normalized spacial score (nSPS) is 16.2. The maximum absolute atomic E-state index is 12.8.